The van der Waals surface area contributed by atoms with Gasteiger partial charge in [-0.1, -0.05) is 25.8 Å². The summed E-state index contributed by atoms with van der Waals surface area (Å²) in [5.74, 6) is 0.527. The second-order valence-corrected chi connectivity index (χ2v) is 7.99. The number of carbonyl (C=O) groups excluding carboxylic acids is 2. The van der Waals surface area contributed by atoms with E-state index in [1.807, 2.05) is 23.2 Å². The van der Waals surface area contributed by atoms with Gasteiger partial charge in [0.15, 0.2) is 0 Å². The van der Waals surface area contributed by atoms with Gasteiger partial charge in [-0.15, -0.1) is 0 Å². The largest absolute Gasteiger partial charge is 0.342 e. The lowest BCUT2D eigenvalue weighted by Crippen LogP contribution is -2.54. The number of nitrogens with zero attached hydrogens (tertiary/aromatic N) is 3. The van der Waals surface area contributed by atoms with Crippen molar-refractivity contribution in [1.29, 1.82) is 0 Å². The molecule has 2 aliphatic rings. The first-order chi connectivity index (χ1) is 12.6. The van der Waals surface area contributed by atoms with Crippen LogP contribution in [-0.4, -0.2) is 46.2 Å². The predicted octanol–water partition coefficient (Wildman–Crippen LogP) is 3.39. The normalized spacial score (nSPS) is 23.5. The fraction of sp³-hybridized carbons (Fsp3) is 0.667. The number of hydrogen-bond acceptors (Lipinski definition) is 3. The fourth-order valence-corrected chi connectivity index (χ4v) is 4.40. The van der Waals surface area contributed by atoms with Crippen LogP contribution < -0.4 is 0 Å². The van der Waals surface area contributed by atoms with Crippen molar-refractivity contribution in [3.8, 4) is 0 Å². The Morgan fingerprint density at radius 3 is 2.92 bits per heavy atom. The quantitative estimate of drug-likeness (QED) is 0.733. The molecule has 142 valence electrons. The van der Waals surface area contributed by atoms with Crippen molar-refractivity contribution in [3.63, 3.8) is 0 Å². The van der Waals surface area contributed by atoms with Gasteiger partial charge in [-0.3, -0.25) is 14.6 Å². The number of pyridine rings is 1. The van der Waals surface area contributed by atoms with Crippen LogP contribution in [0.3, 0.4) is 0 Å². The fourth-order valence-electron chi connectivity index (χ4n) is 4.40. The maximum atomic E-state index is 12.6. The zero-order valence-corrected chi connectivity index (χ0v) is 16.0. The Hall–Kier alpha value is -1.91. The van der Waals surface area contributed by atoms with E-state index in [0.717, 1.165) is 63.7 Å². The molecule has 2 aliphatic heterocycles. The Morgan fingerprint density at radius 1 is 1.27 bits per heavy atom. The summed E-state index contributed by atoms with van der Waals surface area (Å²) in [5, 5.41) is 0. The molecule has 0 N–H and O–H groups in total. The standard InChI is InChI=1S/C21H31N3O2/c1-2-3-4-8-19(25)23-13-6-10-21(16-23)11-9-20(26)24(17-21)15-18-7-5-12-22-14-18/h5,7,12,14H,2-4,6,8-11,13,15-17H2,1H3/t21-/m0/s1. The molecule has 26 heavy (non-hydrogen) atoms. The first kappa shape index (κ1) is 18.9. The summed E-state index contributed by atoms with van der Waals surface area (Å²) in [4.78, 5) is 33.2. The Labute approximate surface area is 156 Å². The highest BCUT2D eigenvalue weighted by Crippen LogP contribution is 2.39. The average molecular weight is 357 g/mol. The topological polar surface area (TPSA) is 53.5 Å². The molecule has 1 aromatic rings. The number of rotatable bonds is 6. The van der Waals surface area contributed by atoms with Gasteiger partial charge < -0.3 is 9.80 Å². The molecular weight excluding hydrogens is 326 g/mol. The molecular formula is C21H31N3O2. The molecule has 0 aliphatic carbocycles. The molecule has 3 rings (SSSR count). The van der Waals surface area contributed by atoms with Gasteiger partial charge in [0.1, 0.15) is 0 Å². The van der Waals surface area contributed by atoms with Crippen molar-refractivity contribution in [2.24, 2.45) is 5.41 Å². The van der Waals surface area contributed by atoms with Gasteiger partial charge in [0.2, 0.25) is 11.8 Å². The van der Waals surface area contributed by atoms with Crippen molar-refractivity contribution in [1.82, 2.24) is 14.8 Å². The second kappa shape index (κ2) is 8.65. The van der Waals surface area contributed by atoms with Gasteiger partial charge in [0.05, 0.1) is 0 Å². The number of aromatic nitrogens is 1. The molecule has 1 aromatic heterocycles. The lowest BCUT2D eigenvalue weighted by Gasteiger charge is -2.48. The van der Waals surface area contributed by atoms with Gasteiger partial charge in [-0.2, -0.15) is 0 Å². The number of hydrogen-bond donors (Lipinski definition) is 0. The van der Waals surface area contributed by atoms with Crippen molar-refractivity contribution in [2.75, 3.05) is 19.6 Å². The van der Waals surface area contributed by atoms with E-state index in [2.05, 4.69) is 16.8 Å². The van der Waals surface area contributed by atoms with Gasteiger partial charge in [0.25, 0.3) is 0 Å². The van der Waals surface area contributed by atoms with E-state index in [-0.39, 0.29) is 11.3 Å². The molecule has 2 saturated heterocycles. The monoisotopic (exact) mass is 357 g/mol. The van der Waals surface area contributed by atoms with Crippen LogP contribution in [0.15, 0.2) is 24.5 Å². The number of unbranched alkanes of at least 4 members (excludes halogenated alkanes) is 2. The molecule has 1 atom stereocenters. The van der Waals surface area contributed by atoms with Crippen LogP contribution in [0, 0.1) is 5.41 Å². The summed E-state index contributed by atoms with van der Waals surface area (Å²) in [6.45, 7) is 5.24. The Morgan fingerprint density at radius 2 is 2.15 bits per heavy atom. The minimum atomic E-state index is 0.0782. The van der Waals surface area contributed by atoms with E-state index < -0.39 is 0 Å². The van der Waals surface area contributed by atoms with E-state index >= 15 is 0 Å². The zero-order chi connectivity index (χ0) is 18.4. The van der Waals surface area contributed by atoms with Gasteiger partial charge in [-0.05, 0) is 37.3 Å². The minimum Gasteiger partial charge on any atom is -0.342 e. The summed E-state index contributed by atoms with van der Waals surface area (Å²) < 4.78 is 0. The molecule has 3 heterocycles. The lowest BCUT2D eigenvalue weighted by atomic mass is 9.73. The van der Waals surface area contributed by atoms with Crippen LogP contribution in [-0.2, 0) is 16.1 Å². The first-order valence-electron chi connectivity index (χ1n) is 10.1. The Kier molecular flexibility index (Phi) is 6.28. The van der Waals surface area contributed by atoms with Crippen molar-refractivity contribution in [3.05, 3.63) is 30.1 Å². The molecule has 2 fully saturated rings. The maximum Gasteiger partial charge on any atom is 0.222 e. The molecule has 0 radical (unpaired) electrons. The summed E-state index contributed by atoms with van der Waals surface area (Å²) in [7, 11) is 0. The van der Waals surface area contributed by atoms with Crippen LogP contribution in [0.25, 0.3) is 0 Å². The van der Waals surface area contributed by atoms with E-state index in [4.69, 9.17) is 0 Å². The average Bonchev–Trinajstić information content (AvgIpc) is 2.66. The van der Waals surface area contributed by atoms with Crippen LogP contribution in [0.2, 0.25) is 0 Å². The molecule has 5 heteroatoms. The summed E-state index contributed by atoms with van der Waals surface area (Å²) in [5.41, 5.74) is 1.15. The molecule has 1 spiro atoms. The molecule has 0 unspecified atom stereocenters. The number of amides is 2. The predicted molar refractivity (Wildman–Crippen MR) is 101 cm³/mol. The molecule has 5 nitrogen and oxygen atoms in total. The highest BCUT2D eigenvalue weighted by atomic mass is 16.2. The Bertz CT molecular complexity index is 619. The highest BCUT2D eigenvalue weighted by molar-refractivity contribution is 5.78. The lowest BCUT2D eigenvalue weighted by molar-refractivity contribution is -0.143. The SMILES string of the molecule is CCCCCC(=O)N1CCC[C@]2(CCC(=O)N(Cc3cccnc3)C2)C1. The molecule has 0 bridgehead atoms. The summed E-state index contributed by atoms with van der Waals surface area (Å²) in [6, 6.07) is 3.93. The zero-order valence-electron chi connectivity index (χ0n) is 16.0. The highest BCUT2D eigenvalue weighted by Gasteiger charge is 2.42. The van der Waals surface area contributed by atoms with Crippen LogP contribution in [0.4, 0.5) is 0 Å². The summed E-state index contributed by atoms with van der Waals surface area (Å²) >= 11 is 0. The van der Waals surface area contributed by atoms with Crippen molar-refractivity contribution in [2.45, 2.75) is 64.8 Å². The smallest absolute Gasteiger partial charge is 0.222 e. The number of carbonyl (C=O) groups is 2. The molecule has 0 saturated carbocycles. The van der Waals surface area contributed by atoms with E-state index in [1.54, 1.807) is 6.20 Å². The van der Waals surface area contributed by atoms with Gasteiger partial charge >= 0.3 is 0 Å². The van der Waals surface area contributed by atoms with E-state index in [9.17, 15) is 9.59 Å². The van der Waals surface area contributed by atoms with Crippen LogP contribution >= 0.6 is 0 Å². The number of piperidine rings is 2. The van der Waals surface area contributed by atoms with Crippen molar-refractivity contribution >= 4 is 11.8 Å². The van der Waals surface area contributed by atoms with Gasteiger partial charge in [0, 0.05) is 56.8 Å². The third-order valence-electron chi connectivity index (χ3n) is 5.85. The maximum absolute atomic E-state index is 12.6. The van der Waals surface area contributed by atoms with Gasteiger partial charge in [-0.25, -0.2) is 0 Å². The van der Waals surface area contributed by atoms with E-state index in [0.29, 0.717) is 25.3 Å². The molecule has 0 aromatic carbocycles. The van der Waals surface area contributed by atoms with E-state index in [1.165, 1.54) is 0 Å². The number of likely N-dealkylation sites (tertiary alicyclic amines) is 2. The van der Waals surface area contributed by atoms with Crippen LogP contribution in [0.1, 0.15) is 63.9 Å². The second-order valence-electron chi connectivity index (χ2n) is 7.99. The molecule has 2 amide bonds. The third-order valence-corrected chi connectivity index (χ3v) is 5.85. The van der Waals surface area contributed by atoms with Crippen LogP contribution in [0.5, 0.6) is 0 Å². The summed E-state index contributed by atoms with van der Waals surface area (Å²) in [6.07, 6.45) is 11.2. The Balaban J connectivity index is 1.62. The van der Waals surface area contributed by atoms with Crippen molar-refractivity contribution < 1.29 is 9.59 Å². The minimum absolute atomic E-state index is 0.0782. The first-order valence-corrected chi connectivity index (χ1v) is 10.1. The third kappa shape index (κ3) is 4.63.